The van der Waals surface area contributed by atoms with Gasteiger partial charge in [-0.15, -0.1) is 11.3 Å². The summed E-state index contributed by atoms with van der Waals surface area (Å²) in [5, 5.41) is 8.81. The van der Waals surface area contributed by atoms with Crippen LogP contribution in [-0.4, -0.2) is 16.1 Å². The first-order valence-corrected chi connectivity index (χ1v) is 8.48. The van der Waals surface area contributed by atoms with Crippen molar-refractivity contribution in [3.8, 4) is 0 Å². The van der Waals surface area contributed by atoms with Crippen molar-refractivity contribution in [3.05, 3.63) is 44.0 Å². The molecule has 0 atom stereocenters. The van der Waals surface area contributed by atoms with Crippen molar-refractivity contribution in [1.82, 2.24) is 4.98 Å². The number of thioether (sulfide) groups is 1. The average molecular weight is 405 g/mol. The molecule has 1 aromatic carbocycles. The molecule has 0 spiro atoms. The van der Waals surface area contributed by atoms with Gasteiger partial charge in [0.15, 0.2) is 4.34 Å². The molecular weight excluding hydrogens is 393 g/mol. The molecule has 0 aliphatic heterocycles. The molecule has 1 N–H and O–H groups in total. The van der Waals surface area contributed by atoms with Crippen molar-refractivity contribution >= 4 is 51.7 Å². The Hall–Kier alpha value is -0.600. The molecule has 0 amide bonds. The molecule has 2 aromatic rings. The second-order valence-electron chi connectivity index (χ2n) is 3.97. The minimum atomic E-state index is -0.805. The zero-order chi connectivity index (χ0) is 13.8. The molecule has 1 heterocycles. The van der Waals surface area contributed by atoms with Crippen molar-refractivity contribution in [2.24, 2.45) is 0 Å². The Kier molecular flexibility index (Phi) is 5.23. The molecule has 3 nitrogen and oxygen atoms in total. The van der Waals surface area contributed by atoms with Crippen LogP contribution in [0.25, 0.3) is 0 Å². The van der Waals surface area contributed by atoms with E-state index in [9.17, 15) is 4.79 Å². The van der Waals surface area contributed by atoms with E-state index in [0.717, 1.165) is 20.7 Å². The van der Waals surface area contributed by atoms with Crippen LogP contribution in [0.15, 0.2) is 28.6 Å². The third kappa shape index (κ3) is 4.47. The SMILES string of the molecule is Cc1nc(SCc2ccc(I)cc2)sc1CC(=O)O. The van der Waals surface area contributed by atoms with Gasteiger partial charge in [0.1, 0.15) is 0 Å². The standard InChI is InChI=1S/C13H12INO2S2/c1-8-11(6-12(16)17)19-13(15-8)18-7-9-2-4-10(14)5-3-9/h2-5H,6-7H2,1H3,(H,16,17). The summed E-state index contributed by atoms with van der Waals surface area (Å²) >= 11 is 5.42. The lowest BCUT2D eigenvalue weighted by Gasteiger charge is -1.98. The minimum Gasteiger partial charge on any atom is -0.481 e. The summed E-state index contributed by atoms with van der Waals surface area (Å²) in [6, 6.07) is 8.37. The second kappa shape index (κ2) is 6.71. The fraction of sp³-hybridized carbons (Fsp3) is 0.231. The van der Waals surface area contributed by atoms with Crippen molar-refractivity contribution in [2.75, 3.05) is 0 Å². The number of carboxylic acids is 1. The molecule has 0 radical (unpaired) electrons. The lowest BCUT2D eigenvalue weighted by atomic mass is 10.2. The first-order valence-electron chi connectivity index (χ1n) is 5.60. The van der Waals surface area contributed by atoms with E-state index in [0.29, 0.717) is 0 Å². The Morgan fingerprint density at radius 2 is 2.11 bits per heavy atom. The van der Waals surface area contributed by atoms with E-state index in [4.69, 9.17) is 5.11 Å². The van der Waals surface area contributed by atoms with Crippen molar-refractivity contribution in [1.29, 1.82) is 0 Å². The number of halogens is 1. The van der Waals surface area contributed by atoms with Crippen LogP contribution < -0.4 is 0 Å². The lowest BCUT2D eigenvalue weighted by Crippen LogP contribution is -1.99. The van der Waals surface area contributed by atoms with Gasteiger partial charge in [-0.3, -0.25) is 4.79 Å². The summed E-state index contributed by atoms with van der Waals surface area (Å²) in [7, 11) is 0. The van der Waals surface area contributed by atoms with Crippen LogP contribution in [0.2, 0.25) is 0 Å². The summed E-state index contributed by atoms with van der Waals surface area (Å²) in [5.74, 6) is 0.0528. The highest BCUT2D eigenvalue weighted by Crippen LogP contribution is 2.30. The van der Waals surface area contributed by atoms with E-state index < -0.39 is 5.97 Å². The molecule has 100 valence electrons. The lowest BCUT2D eigenvalue weighted by molar-refractivity contribution is -0.136. The Balaban J connectivity index is 1.99. The van der Waals surface area contributed by atoms with Gasteiger partial charge in [0, 0.05) is 14.2 Å². The van der Waals surface area contributed by atoms with Gasteiger partial charge in [-0.1, -0.05) is 23.9 Å². The Morgan fingerprint density at radius 3 is 2.74 bits per heavy atom. The monoisotopic (exact) mass is 405 g/mol. The number of rotatable bonds is 5. The second-order valence-corrected chi connectivity index (χ2v) is 7.53. The summed E-state index contributed by atoms with van der Waals surface area (Å²) in [6.07, 6.45) is 0.0631. The van der Waals surface area contributed by atoms with Gasteiger partial charge in [-0.05, 0) is 47.2 Å². The highest BCUT2D eigenvalue weighted by molar-refractivity contribution is 14.1. The van der Waals surface area contributed by atoms with Gasteiger partial charge in [0.25, 0.3) is 0 Å². The van der Waals surface area contributed by atoms with E-state index in [2.05, 4.69) is 51.8 Å². The van der Waals surface area contributed by atoms with Crippen molar-refractivity contribution < 1.29 is 9.90 Å². The van der Waals surface area contributed by atoms with E-state index >= 15 is 0 Å². The number of carbonyl (C=O) groups is 1. The maximum absolute atomic E-state index is 10.7. The maximum atomic E-state index is 10.7. The molecule has 0 aliphatic carbocycles. The minimum absolute atomic E-state index is 0.0631. The number of hydrogen-bond donors (Lipinski definition) is 1. The molecule has 0 saturated heterocycles. The van der Waals surface area contributed by atoms with E-state index in [1.165, 1.54) is 20.5 Å². The van der Waals surface area contributed by atoms with Gasteiger partial charge in [-0.2, -0.15) is 0 Å². The molecule has 0 bridgehead atoms. The fourth-order valence-electron chi connectivity index (χ4n) is 1.49. The van der Waals surface area contributed by atoms with Crippen molar-refractivity contribution in [2.45, 2.75) is 23.4 Å². The van der Waals surface area contributed by atoms with E-state index in [-0.39, 0.29) is 6.42 Å². The summed E-state index contributed by atoms with van der Waals surface area (Å²) in [4.78, 5) is 16.0. The highest BCUT2D eigenvalue weighted by Gasteiger charge is 2.11. The molecule has 0 fully saturated rings. The van der Waals surface area contributed by atoms with Crippen LogP contribution in [0.4, 0.5) is 0 Å². The zero-order valence-electron chi connectivity index (χ0n) is 10.2. The van der Waals surface area contributed by atoms with Crippen LogP contribution >= 0.6 is 45.7 Å². The fourth-order valence-corrected chi connectivity index (χ4v) is 4.03. The Bertz CT molecular complexity index is 581. The van der Waals surface area contributed by atoms with Crippen LogP contribution in [0.1, 0.15) is 16.1 Å². The molecule has 1 aromatic heterocycles. The van der Waals surface area contributed by atoms with Gasteiger partial charge < -0.3 is 5.11 Å². The normalized spacial score (nSPS) is 10.6. The molecule has 0 unspecified atom stereocenters. The summed E-state index contributed by atoms with van der Waals surface area (Å²) in [6.45, 7) is 1.86. The van der Waals surface area contributed by atoms with Gasteiger partial charge in [0.05, 0.1) is 12.1 Å². The largest absolute Gasteiger partial charge is 0.481 e. The Morgan fingerprint density at radius 1 is 1.42 bits per heavy atom. The van der Waals surface area contributed by atoms with Crippen LogP contribution in [0, 0.1) is 10.5 Å². The number of aliphatic carboxylic acids is 1. The van der Waals surface area contributed by atoms with Crippen molar-refractivity contribution in [3.63, 3.8) is 0 Å². The third-order valence-electron chi connectivity index (χ3n) is 2.46. The van der Waals surface area contributed by atoms with Gasteiger partial charge in [-0.25, -0.2) is 4.98 Å². The number of benzene rings is 1. The summed E-state index contributed by atoms with van der Waals surface area (Å²) in [5.41, 5.74) is 2.08. The van der Waals surface area contributed by atoms with Crippen LogP contribution in [0.5, 0.6) is 0 Å². The first-order chi connectivity index (χ1) is 9.04. The first kappa shape index (κ1) is 14.8. The Labute approximate surface area is 133 Å². The van der Waals surface area contributed by atoms with E-state index in [1.54, 1.807) is 11.8 Å². The number of thiazole rings is 1. The topological polar surface area (TPSA) is 50.2 Å². The van der Waals surface area contributed by atoms with Crippen LogP contribution in [-0.2, 0) is 17.0 Å². The maximum Gasteiger partial charge on any atom is 0.308 e. The molecule has 6 heteroatoms. The molecular formula is C13H12INO2S2. The predicted octanol–water partition coefficient (Wildman–Crippen LogP) is 3.98. The average Bonchev–Trinajstić information content (AvgIpc) is 2.69. The molecule has 0 saturated carbocycles. The number of aromatic nitrogens is 1. The number of hydrogen-bond acceptors (Lipinski definition) is 4. The zero-order valence-corrected chi connectivity index (χ0v) is 14.0. The molecule has 19 heavy (non-hydrogen) atoms. The number of nitrogens with zero attached hydrogens (tertiary/aromatic N) is 1. The number of carboxylic acid groups (broad SMARTS) is 1. The van der Waals surface area contributed by atoms with Gasteiger partial charge in [0.2, 0.25) is 0 Å². The van der Waals surface area contributed by atoms with E-state index in [1.807, 2.05) is 6.92 Å². The molecule has 0 aliphatic rings. The smallest absolute Gasteiger partial charge is 0.308 e. The summed E-state index contributed by atoms with van der Waals surface area (Å²) < 4.78 is 2.16. The quantitative estimate of drug-likeness (QED) is 0.604. The molecule has 2 rings (SSSR count). The highest BCUT2D eigenvalue weighted by atomic mass is 127. The van der Waals surface area contributed by atoms with Crippen LogP contribution in [0.3, 0.4) is 0 Å². The van der Waals surface area contributed by atoms with Gasteiger partial charge >= 0.3 is 5.97 Å². The predicted molar refractivity (Wildman–Crippen MR) is 86.9 cm³/mol. The third-order valence-corrected chi connectivity index (χ3v) is 5.55. The number of aryl methyl sites for hydroxylation is 1.